The molecular formula is C19H30N3O2+. The number of para-hydroxylation sites is 2. The molecule has 5 nitrogen and oxygen atoms in total. The number of hydrogen-bond donors (Lipinski definition) is 2. The topological polar surface area (TPSA) is 46.0 Å². The maximum atomic E-state index is 12.2. The van der Waals surface area contributed by atoms with E-state index in [1.165, 1.54) is 23.4 Å². The first-order chi connectivity index (χ1) is 11.8. The number of nitrogens with zero attached hydrogens (tertiary/aromatic N) is 1. The van der Waals surface area contributed by atoms with Crippen molar-refractivity contribution in [1.29, 1.82) is 0 Å². The number of hydrogen-bond acceptors (Lipinski definition) is 3. The molecule has 2 N–H and O–H groups in total. The second-order valence-corrected chi connectivity index (χ2v) is 6.86. The molecule has 1 heterocycles. The van der Waals surface area contributed by atoms with E-state index in [2.05, 4.69) is 22.3 Å². The summed E-state index contributed by atoms with van der Waals surface area (Å²) in [5.74, 6) is 1.18. The zero-order valence-corrected chi connectivity index (χ0v) is 14.7. The van der Waals surface area contributed by atoms with E-state index in [9.17, 15) is 4.79 Å². The van der Waals surface area contributed by atoms with Crippen LogP contribution in [-0.4, -0.2) is 51.3 Å². The number of carbonyl (C=O) groups is 1. The third kappa shape index (κ3) is 4.41. The first kappa shape index (κ1) is 17.1. The smallest absolute Gasteiger partial charge is 0.275 e. The minimum absolute atomic E-state index is 0.222. The molecule has 1 aromatic rings. The molecule has 1 amide bonds. The van der Waals surface area contributed by atoms with Gasteiger partial charge in [0, 0.05) is 6.04 Å². The number of ether oxygens (including phenoxy) is 1. The van der Waals surface area contributed by atoms with Gasteiger partial charge in [-0.15, -0.1) is 0 Å². The van der Waals surface area contributed by atoms with Crippen molar-refractivity contribution in [1.82, 2.24) is 5.32 Å². The lowest BCUT2D eigenvalue weighted by Gasteiger charge is -2.34. The van der Waals surface area contributed by atoms with Gasteiger partial charge in [0.15, 0.2) is 6.54 Å². The first-order valence-electron chi connectivity index (χ1n) is 9.36. The molecule has 5 heteroatoms. The maximum Gasteiger partial charge on any atom is 0.275 e. The van der Waals surface area contributed by atoms with Crippen LogP contribution in [0.4, 0.5) is 5.69 Å². The summed E-state index contributed by atoms with van der Waals surface area (Å²) in [6.45, 7) is 7.24. The van der Waals surface area contributed by atoms with Crippen LogP contribution in [0, 0.1) is 0 Å². The van der Waals surface area contributed by atoms with Crippen LogP contribution in [-0.2, 0) is 4.79 Å². The Morgan fingerprint density at radius 3 is 2.67 bits per heavy atom. The molecule has 0 unspecified atom stereocenters. The van der Waals surface area contributed by atoms with E-state index in [1.807, 2.05) is 19.1 Å². The molecule has 1 saturated carbocycles. The summed E-state index contributed by atoms with van der Waals surface area (Å²) < 4.78 is 5.74. The molecule has 0 aromatic heterocycles. The van der Waals surface area contributed by atoms with E-state index in [0.29, 0.717) is 19.2 Å². The van der Waals surface area contributed by atoms with Gasteiger partial charge in [0.05, 0.1) is 38.5 Å². The lowest BCUT2D eigenvalue weighted by Crippen LogP contribution is -3.16. The molecular weight excluding hydrogens is 302 g/mol. The van der Waals surface area contributed by atoms with E-state index in [0.717, 1.165) is 44.8 Å². The number of amides is 1. The molecule has 0 spiro atoms. The van der Waals surface area contributed by atoms with Crippen LogP contribution in [0.5, 0.6) is 5.75 Å². The van der Waals surface area contributed by atoms with E-state index >= 15 is 0 Å². The van der Waals surface area contributed by atoms with Crippen LogP contribution in [0.25, 0.3) is 0 Å². The summed E-state index contributed by atoms with van der Waals surface area (Å²) in [4.78, 5) is 16.0. The van der Waals surface area contributed by atoms with Crippen LogP contribution < -0.4 is 19.9 Å². The molecule has 1 aliphatic carbocycles. The molecule has 0 radical (unpaired) electrons. The molecule has 1 aliphatic heterocycles. The second-order valence-electron chi connectivity index (χ2n) is 6.86. The highest BCUT2D eigenvalue weighted by molar-refractivity contribution is 5.77. The lowest BCUT2D eigenvalue weighted by molar-refractivity contribution is -0.892. The normalized spacial score (nSPS) is 19.5. The number of nitrogens with one attached hydrogen (secondary N) is 2. The Kier molecular flexibility index (Phi) is 5.96. The van der Waals surface area contributed by atoms with Crippen molar-refractivity contribution in [2.75, 3.05) is 44.2 Å². The summed E-state index contributed by atoms with van der Waals surface area (Å²) >= 11 is 0. The summed E-state index contributed by atoms with van der Waals surface area (Å²) in [5.41, 5.74) is 1.17. The molecule has 3 rings (SSSR count). The van der Waals surface area contributed by atoms with E-state index in [4.69, 9.17) is 4.74 Å². The van der Waals surface area contributed by atoms with Gasteiger partial charge < -0.3 is 19.9 Å². The Labute approximate surface area is 145 Å². The van der Waals surface area contributed by atoms with Crippen molar-refractivity contribution in [3.63, 3.8) is 0 Å². The van der Waals surface area contributed by atoms with Crippen molar-refractivity contribution in [3.05, 3.63) is 24.3 Å². The van der Waals surface area contributed by atoms with Crippen LogP contribution >= 0.6 is 0 Å². The zero-order valence-electron chi connectivity index (χ0n) is 14.7. The van der Waals surface area contributed by atoms with Gasteiger partial charge in [-0.1, -0.05) is 25.0 Å². The molecule has 1 saturated heterocycles. The Hall–Kier alpha value is -1.75. The predicted octanol–water partition coefficient (Wildman–Crippen LogP) is 0.849. The molecule has 2 fully saturated rings. The van der Waals surface area contributed by atoms with Crippen LogP contribution in [0.2, 0.25) is 0 Å². The second kappa shape index (κ2) is 8.38. The fraction of sp³-hybridized carbons (Fsp3) is 0.632. The van der Waals surface area contributed by atoms with Gasteiger partial charge in [-0.2, -0.15) is 0 Å². The van der Waals surface area contributed by atoms with E-state index < -0.39 is 0 Å². The lowest BCUT2D eigenvalue weighted by atomic mass is 10.2. The average molecular weight is 332 g/mol. The van der Waals surface area contributed by atoms with Crippen molar-refractivity contribution in [2.24, 2.45) is 0 Å². The number of quaternary nitrogens is 1. The monoisotopic (exact) mass is 332 g/mol. The van der Waals surface area contributed by atoms with E-state index in [1.54, 1.807) is 0 Å². The SMILES string of the molecule is CCOc1ccccc1N1CC[NH+](CC(=O)NC2CCCC2)CC1. The summed E-state index contributed by atoms with van der Waals surface area (Å²) in [7, 11) is 0. The van der Waals surface area contributed by atoms with Gasteiger partial charge >= 0.3 is 0 Å². The third-order valence-corrected chi connectivity index (χ3v) is 5.11. The van der Waals surface area contributed by atoms with Gasteiger partial charge in [-0.05, 0) is 31.9 Å². The number of carbonyl (C=O) groups excluding carboxylic acids is 1. The zero-order chi connectivity index (χ0) is 16.8. The summed E-state index contributed by atoms with van der Waals surface area (Å²) in [6, 6.07) is 8.67. The minimum atomic E-state index is 0.222. The number of piperazine rings is 1. The maximum absolute atomic E-state index is 12.2. The highest BCUT2D eigenvalue weighted by Gasteiger charge is 2.25. The quantitative estimate of drug-likeness (QED) is 0.812. The number of benzene rings is 1. The third-order valence-electron chi connectivity index (χ3n) is 5.11. The van der Waals surface area contributed by atoms with Gasteiger partial charge in [-0.3, -0.25) is 4.79 Å². The Morgan fingerprint density at radius 1 is 1.25 bits per heavy atom. The predicted molar refractivity (Wildman–Crippen MR) is 95.8 cm³/mol. The Balaban J connectivity index is 1.48. The van der Waals surface area contributed by atoms with Gasteiger partial charge in [0.25, 0.3) is 5.91 Å². The number of anilines is 1. The highest BCUT2D eigenvalue weighted by atomic mass is 16.5. The molecule has 0 atom stereocenters. The first-order valence-corrected chi connectivity index (χ1v) is 9.36. The Morgan fingerprint density at radius 2 is 1.96 bits per heavy atom. The molecule has 0 bridgehead atoms. The van der Waals surface area contributed by atoms with Gasteiger partial charge in [-0.25, -0.2) is 0 Å². The van der Waals surface area contributed by atoms with Crippen LogP contribution in [0.1, 0.15) is 32.6 Å². The van der Waals surface area contributed by atoms with Crippen LogP contribution in [0.15, 0.2) is 24.3 Å². The fourth-order valence-electron chi connectivity index (χ4n) is 3.81. The fourth-order valence-corrected chi connectivity index (χ4v) is 3.81. The van der Waals surface area contributed by atoms with Gasteiger partial charge in [0.1, 0.15) is 5.75 Å². The largest absolute Gasteiger partial charge is 0.492 e. The van der Waals surface area contributed by atoms with Gasteiger partial charge in [0.2, 0.25) is 0 Å². The number of rotatable bonds is 6. The summed E-state index contributed by atoms with van der Waals surface area (Å²) in [6.07, 6.45) is 4.83. The highest BCUT2D eigenvalue weighted by Crippen LogP contribution is 2.27. The Bertz CT molecular complexity index is 535. The van der Waals surface area contributed by atoms with Crippen molar-refractivity contribution >= 4 is 11.6 Å². The average Bonchev–Trinajstić information content (AvgIpc) is 3.09. The molecule has 2 aliphatic rings. The molecule has 1 aromatic carbocycles. The van der Waals surface area contributed by atoms with Crippen molar-refractivity contribution < 1.29 is 14.4 Å². The molecule has 132 valence electrons. The van der Waals surface area contributed by atoms with Crippen molar-refractivity contribution in [3.8, 4) is 5.75 Å². The minimum Gasteiger partial charge on any atom is -0.492 e. The standard InChI is InChI=1S/C19H29N3O2/c1-2-24-18-10-6-5-9-17(18)22-13-11-21(12-14-22)15-19(23)20-16-7-3-4-8-16/h5-6,9-10,16H,2-4,7-8,11-15H2,1H3,(H,20,23)/p+1. The van der Waals surface area contributed by atoms with Crippen LogP contribution in [0.3, 0.4) is 0 Å². The summed E-state index contributed by atoms with van der Waals surface area (Å²) in [5, 5.41) is 3.20. The van der Waals surface area contributed by atoms with E-state index in [-0.39, 0.29) is 5.91 Å². The molecule has 24 heavy (non-hydrogen) atoms. The van der Waals surface area contributed by atoms with Crippen molar-refractivity contribution in [2.45, 2.75) is 38.6 Å².